The van der Waals surface area contributed by atoms with E-state index in [1.54, 1.807) is 0 Å². The Balaban J connectivity index is 2.45. The van der Waals surface area contributed by atoms with Crippen molar-refractivity contribution in [2.75, 3.05) is 0 Å². The van der Waals surface area contributed by atoms with E-state index in [9.17, 15) is 0 Å². The van der Waals surface area contributed by atoms with Crippen molar-refractivity contribution >= 4 is 0 Å². The van der Waals surface area contributed by atoms with Gasteiger partial charge in [0.15, 0.2) is 0 Å². The van der Waals surface area contributed by atoms with Gasteiger partial charge < -0.3 is 4.74 Å². The lowest BCUT2D eigenvalue weighted by Gasteiger charge is -2.49. The number of hydrogen-bond donors (Lipinski definition) is 0. The molecule has 0 aliphatic heterocycles. The Hall–Kier alpha value is -0.0400. The summed E-state index contributed by atoms with van der Waals surface area (Å²) in [5.41, 5.74) is 0.0239. The van der Waals surface area contributed by atoms with Crippen LogP contribution in [0.5, 0.6) is 0 Å². The minimum atomic E-state index is -0.0214. The molecule has 1 fully saturated rings. The summed E-state index contributed by atoms with van der Waals surface area (Å²) in [4.78, 5) is 0. The van der Waals surface area contributed by atoms with Gasteiger partial charge in [-0.05, 0) is 65.2 Å². The lowest BCUT2D eigenvalue weighted by atomic mass is 9.63. The zero-order chi connectivity index (χ0) is 11.9. The Morgan fingerprint density at radius 3 is 1.80 bits per heavy atom. The zero-order valence-corrected chi connectivity index (χ0v) is 11.6. The van der Waals surface area contributed by atoms with E-state index >= 15 is 0 Å². The van der Waals surface area contributed by atoms with Crippen molar-refractivity contribution in [3.8, 4) is 0 Å². The van der Waals surface area contributed by atoms with Gasteiger partial charge in [-0.15, -0.1) is 0 Å². The van der Waals surface area contributed by atoms with Crippen molar-refractivity contribution < 1.29 is 4.74 Å². The van der Waals surface area contributed by atoms with Crippen LogP contribution in [0.15, 0.2) is 0 Å². The first-order valence-electron chi connectivity index (χ1n) is 6.32. The van der Waals surface area contributed by atoms with Gasteiger partial charge >= 0.3 is 0 Å². The third kappa shape index (κ3) is 3.48. The largest absolute Gasteiger partial charge is 0.370 e. The summed E-state index contributed by atoms with van der Waals surface area (Å²) in [5.74, 6) is 2.52. The highest BCUT2D eigenvalue weighted by atomic mass is 16.5. The molecule has 0 atom stereocenters. The van der Waals surface area contributed by atoms with Crippen LogP contribution < -0.4 is 0 Å². The van der Waals surface area contributed by atoms with E-state index in [1.807, 2.05) is 0 Å². The van der Waals surface area contributed by atoms with Crippen LogP contribution in [0.25, 0.3) is 0 Å². The molecule has 1 rings (SSSR count). The first kappa shape index (κ1) is 13.0. The maximum atomic E-state index is 6.16. The van der Waals surface area contributed by atoms with E-state index in [2.05, 4.69) is 48.5 Å². The average molecular weight is 212 g/mol. The van der Waals surface area contributed by atoms with Crippen molar-refractivity contribution in [3.63, 3.8) is 0 Å². The highest BCUT2D eigenvalue weighted by Crippen LogP contribution is 2.46. The number of hydrogen-bond acceptors (Lipinski definition) is 1. The van der Waals surface area contributed by atoms with Crippen molar-refractivity contribution in [2.24, 2.45) is 17.8 Å². The van der Waals surface area contributed by atoms with Gasteiger partial charge in [-0.3, -0.25) is 0 Å². The molecule has 90 valence electrons. The smallest absolute Gasteiger partial charge is 0.0661 e. The van der Waals surface area contributed by atoms with Crippen molar-refractivity contribution in [1.82, 2.24) is 0 Å². The molecule has 1 heteroatoms. The van der Waals surface area contributed by atoms with Crippen LogP contribution in [0, 0.1) is 17.8 Å². The monoisotopic (exact) mass is 212 g/mol. The standard InChI is InChI=1S/C14H28O/c1-10(2)11-8-12(9-11)14(6,7)15-13(3,4)5/h10-12H,8-9H2,1-7H3. The highest BCUT2D eigenvalue weighted by Gasteiger charge is 2.43. The quantitative estimate of drug-likeness (QED) is 0.679. The normalized spacial score (nSPS) is 28.0. The molecular formula is C14H28O. The van der Waals surface area contributed by atoms with Crippen LogP contribution in [0.3, 0.4) is 0 Å². The van der Waals surface area contributed by atoms with Gasteiger partial charge in [-0.25, -0.2) is 0 Å². The molecule has 1 aliphatic carbocycles. The second-order valence-corrected chi connectivity index (χ2v) is 6.99. The van der Waals surface area contributed by atoms with E-state index in [1.165, 1.54) is 12.8 Å². The van der Waals surface area contributed by atoms with Gasteiger partial charge in [0.1, 0.15) is 0 Å². The minimum Gasteiger partial charge on any atom is -0.370 e. The van der Waals surface area contributed by atoms with Crippen LogP contribution in [-0.4, -0.2) is 11.2 Å². The molecule has 0 saturated heterocycles. The Morgan fingerprint density at radius 2 is 1.47 bits per heavy atom. The summed E-state index contributed by atoms with van der Waals surface area (Å²) in [6.07, 6.45) is 2.70. The van der Waals surface area contributed by atoms with Crippen LogP contribution in [0.4, 0.5) is 0 Å². The van der Waals surface area contributed by atoms with Crippen LogP contribution in [-0.2, 0) is 4.74 Å². The van der Waals surface area contributed by atoms with Gasteiger partial charge in [-0.2, -0.15) is 0 Å². The van der Waals surface area contributed by atoms with Gasteiger partial charge in [0, 0.05) is 0 Å². The summed E-state index contributed by atoms with van der Waals surface area (Å²) in [6, 6.07) is 0. The fourth-order valence-corrected chi connectivity index (χ4v) is 2.65. The first-order valence-corrected chi connectivity index (χ1v) is 6.32. The maximum Gasteiger partial charge on any atom is 0.0661 e. The summed E-state index contributed by atoms with van der Waals surface area (Å²) in [5, 5.41) is 0. The van der Waals surface area contributed by atoms with Gasteiger partial charge in [0.2, 0.25) is 0 Å². The van der Waals surface area contributed by atoms with E-state index in [0.717, 1.165) is 17.8 Å². The molecule has 15 heavy (non-hydrogen) atoms. The molecule has 0 aromatic rings. The first-order chi connectivity index (χ1) is 6.62. The Labute approximate surface area is 95.6 Å². The molecule has 0 heterocycles. The van der Waals surface area contributed by atoms with Crippen LogP contribution in [0.2, 0.25) is 0 Å². The molecule has 1 nitrogen and oxygen atoms in total. The fourth-order valence-electron chi connectivity index (χ4n) is 2.65. The second kappa shape index (κ2) is 4.08. The molecule has 1 saturated carbocycles. The molecule has 0 amide bonds. The highest BCUT2D eigenvalue weighted by molar-refractivity contribution is 4.92. The summed E-state index contributed by atoms with van der Waals surface area (Å²) >= 11 is 0. The minimum absolute atomic E-state index is 0.0214. The van der Waals surface area contributed by atoms with Gasteiger partial charge in [-0.1, -0.05) is 13.8 Å². The van der Waals surface area contributed by atoms with E-state index in [-0.39, 0.29) is 11.2 Å². The van der Waals surface area contributed by atoms with E-state index in [4.69, 9.17) is 4.74 Å². The molecule has 0 bridgehead atoms. The fraction of sp³-hybridized carbons (Fsp3) is 1.00. The summed E-state index contributed by atoms with van der Waals surface area (Å²) < 4.78 is 6.16. The predicted molar refractivity (Wildman–Crippen MR) is 66.0 cm³/mol. The Bertz CT molecular complexity index is 204. The van der Waals surface area contributed by atoms with Crippen molar-refractivity contribution in [3.05, 3.63) is 0 Å². The lowest BCUT2D eigenvalue weighted by molar-refractivity contribution is -0.167. The zero-order valence-electron chi connectivity index (χ0n) is 11.6. The summed E-state index contributed by atoms with van der Waals surface area (Å²) in [7, 11) is 0. The van der Waals surface area contributed by atoms with E-state index in [0.29, 0.717) is 0 Å². The SMILES string of the molecule is CC(C)C1CC(C(C)(C)OC(C)(C)C)C1. The molecule has 0 N–H and O–H groups in total. The van der Waals surface area contributed by atoms with E-state index < -0.39 is 0 Å². The number of rotatable bonds is 3. The van der Waals surface area contributed by atoms with Crippen LogP contribution in [0.1, 0.15) is 61.3 Å². The second-order valence-electron chi connectivity index (χ2n) is 6.99. The summed E-state index contributed by atoms with van der Waals surface area (Å²) in [6.45, 7) is 15.6. The molecule has 0 spiro atoms. The third-order valence-electron chi connectivity index (χ3n) is 3.67. The van der Waals surface area contributed by atoms with Gasteiger partial charge in [0.05, 0.1) is 11.2 Å². The molecule has 0 radical (unpaired) electrons. The molecular weight excluding hydrogens is 184 g/mol. The maximum absolute atomic E-state index is 6.16. The molecule has 1 aliphatic rings. The van der Waals surface area contributed by atoms with Crippen LogP contribution >= 0.6 is 0 Å². The predicted octanol–water partition coefficient (Wildman–Crippen LogP) is 4.26. The molecule has 0 aromatic heterocycles. The average Bonchev–Trinajstić information content (AvgIpc) is 1.72. The van der Waals surface area contributed by atoms with Crippen molar-refractivity contribution in [2.45, 2.75) is 72.5 Å². The lowest BCUT2D eigenvalue weighted by Crippen LogP contribution is -2.47. The van der Waals surface area contributed by atoms with Crippen molar-refractivity contribution in [1.29, 1.82) is 0 Å². The topological polar surface area (TPSA) is 9.23 Å². The van der Waals surface area contributed by atoms with Gasteiger partial charge in [0.25, 0.3) is 0 Å². The molecule has 0 aromatic carbocycles. The molecule has 0 unspecified atom stereocenters. The Kier molecular flexibility index (Phi) is 3.55. The third-order valence-corrected chi connectivity index (χ3v) is 3.67. The Morgan fingerprint density at radius 1 is 1.00 bits per heavy atom. The number of ether oxygens (including phenoxy) is 1.